The van der Waals surface area contributed by atoms with Crippen molar-refractivity contribution in [2.45, 2.75) is 13.3 Å². The van der Waals surface area contributed by atoms with Crippen molar-refractivity contribution in [2.75, 3.05) is 0 Å². The molecule has 0 saturated heterocycles. The van der Waals surface area contributed by atoms with Gasteiger partial charge < -0.3 is 4.57 Å². The standard InChI is InChI=1S/C17H16ClN/c1-12-4-3-5-16-17(12)14(11-19(16)2)10-13-6-8-15(18)9-7-13/h3-9,11H,10H2,1-2H3. The molecule has 0 aliphatic heterocycles. The molecule has 0 spiro atoms. The topological polar surface area (TPSA) is 4.93 Å². The third-order valence-electron chi connectivity index (χ3n) is 3.61. The number of rotatable bonds is 2. The zero-order valence-corrected chi connectivity index (χ0v) is 11.9. The van der Waals surface area contributed by atoms with E-state index in [1.165, 1.54) is 27.6 Å². The van der Waals surface area contributed by atoms with Crippen molar-refractivity contribution >= 4 is 22.5 Å². The van der Waals surface area contributed by atoms with Gasteiger partial charge >= 0.3 is 0 Å². The average Bonchev–Trinajstić information content (AvgIpc) is 2.71. The highest BCUT2D eigenvalue weighted by molar-refractivity contribution is 6.30. The van der Waals surface area contributed by atoms with E-state index in [-0.39, 0.29) is 0 Å². The zero-order chi connectivity index (χ0) is 13.4. The summed E-state index contributed by atoms with van der Waals surface area (Å²) < 4.78 is 2.20. The lowest BCUT2D eigenvalue weighted by Crippen LogP contribution is -1.87. The summed E-state index contributed by atoms with van der Waals surface area (Å²) in [5.41, 5.74) is 5.30. The molecule has 0 N–H and O–H groups in total. The van der Waals surface area contributed by atoms with Crippen molar-refractivity contribution in [3.8, 4) is 0 Å². The highest BCUT2D eigenvalue weighted by Crippen LogP contribution is 2.26. The molecule has 19 heavy (non-hydrogen) atoms. The molecule has 1 heterocycles. The average molecular weight is 270 g/mol. The number of nitrogens with zero attached hydrogens (tertiary/aromatic N) is 1. The van der Waals surface area contributed by atoms with E-state index in [1.54, 1.807) is 0 Å². The van der Waals surface area contributed by atoms with E-state index < -0.39 is 0 Å². The SMILES string of the molecule is Cc1cccc2c1c(Cc1ccc(Cl)cc1)cn2C. The second-order valence-corrected chi connectivity index (χ2v) is 5.47. The van der Waals surface area contributed by atoms with E-state index >= 15 is 0 Å². The fourth-order valence-electron chi connectivity index (χ4n) is 2.69. The minimum Gasteiger partial charge on any atom is -0.350 e. The molecule has 3 aromatic rings. The molecule has 2 heteroatoms. The van der Waals surface area contributed by atoms with Crippen molar-refractivity contribution in [2.24, 2.45) is 7.05 Å². The van der Waals surface area contributed by atoms with Crippen LogP contribution in [0, 0.1) is 6.92 Å². The molecule has 0 bridgehead atoms. The maximum absolute atomic E-state index is 5.93. The van der Waals surface area contributed by atoms with Crippen molar-refractivity contribution in [1.82, 2.24) is 4.57 Å². The van der Waals surface area contributed by atoms with Gasteiger partial charge in [-0.25, -0.2) is 0 Å². The first kappa shape index (κ1) is 12.3. The molecule has 2 aromatic carbocycles. The molecule has 0 radical (unpaired) electrons. The summed E-state index contributed by atoms with van der Waals surface area (Å²) in [5, 5.41) is 2.16. The number of aromatic nitrogens is 1. The molecular formula is C17H16ClN. The Kier molecular flexibility index (Phi) is 3.08. The third kappa shape index (κ3) is 2.26. The minimum atomic E-state index is 0.790. The van der Waals surface area contributed by atoms with Crippen molar-refractivity contribution in [3.05, 3.63) is 70.4 Å². The summed E-state index contributed by atoms with van der Waals surface area (Å²) in [4.78, 5) is 0. The smallest absolute Gasteiger partial charge is 0.0483 e. The molecule has 0 saturated carbocycles. The van der Waals surface area contributed by atoms with Gasteiger partial charge in [0.25, 0.3) is 0 Å². The van der Waals surface area contributed by atoms with Gasteiger partial charge in [-0.05, 0) is 48.2 Å². The van der Waals surface area contributed by atoms with E-state index in [0.717, 1.165) is 11.4 Å². The maximum Gasteiger partial charge on any atom is 0.0483 e. The predicted molar refractivity (Wildman–Crippen MR) is 81.9 cm³/mol. The van der Waals surface area contributed by atoms with Gasteiger partial charge in [-0.2, -0.15) is 0 Å². The number of fused-ring (bicyclic) bond motifs is 1. The molecule has 0 aliphatic rings. The largest absolute Gasteiger partial charge is 0.350 e. The van der Waals surface area contributed by atoms with Crippen LogP contribution in [0.5, 0.6) is 0 Å². The lowest BCUT2D eigenvalue weighted by molar-refractivity contribution is 0.958. The van der Waals surface area contributed by atoms with Gasteiger partial charge in [-0.15, -0.1) is 0 Å². The molecule has 0 atom stereocenters. The fraction of sp³-hybridized carbons (Fsp3) is 0.176. The molecule has 0 unspecified atom stereocenters. The second kappa shape index (κ2) is 4.75. The molecule has 3 rings (SSSR count). The monoisotopic (exact) mass is 269 g/mol. The number of aryl methyl sites for hydroxylation is 2. The van der Waals surface area contributed by atoms with E-state index in [2.05, 4.69) is 55.1 Å². The Bertz CT molecular complexity index is 723. The van der Waals surface area contributed by atoms with Crippen LogP contribution in [0.25, 0.3) is 10.9 Å². The molecule has 0 aliphatic carbocycles. The lowest BCUT2D eigenvalue weighted by atomic mass is 10.0. The van der Waals surface area contributed by atoms with Gasteiger partial charge in [-0.1, -0.05) is 35.9 Å². The summed E-state index contributed by atoms with van der Waals surface area (Å²) >= 11 is 5.93. The summed E-state index contributed by atoms with van der Waals surface area (Å²) in [6.07, 6.45) is 3.17. The summed E-state index contributed by atoms with van der Waals surface area (Å²) in [6.45, 7) is 2.17. The van der Waals surface area contributed by atoms with Crippen LogP contribution < -0.4 is 0 Å². The Hall–Kier alpha value is -1.73. The Labute approximate surface area is 118 Å². The fourth-order valence-corrected chi connectivity index (χ4v) is 2.81. The van der Waals surface area contributed by atoms with E-state index in [4.69, 9.17) is 11.6 Å². The Morgan fingerprint density at radius 2 is 1.79 bits per heavy atom. The van der Waals surface area contributed by atoms with Gasteiger partial charge in [0.05, 0.1) is 0 Å². The Balaban J connectivity index is 2.08. The zero-order valence-electron chi connectivity index (χ0n) is 11.2. The van der Waals surface area contributed by atoms with Gasteiger partial charge in [-0.3, -0.25) is 0 Å². The van der Waals surface area contributed by atoms with Crippen LogP contribution >= 0.6 is 11.6 Å². The van der Waals surface area contributed by atoms with Gasteiger partial charge in [0.1, 0.15) is 0 Å². The summed E-state index contributed by atoms with van der Waals surface area (Å²) in [7, 11) is 2.10. The van der Waals surface area contributed by atoms with Crippen molar-refractivity contribution < 1.29 is 0 Å². The number of benzene rings is 2. The first-order valence-electron chi connectivity index (χ1n) is 6.43. The predicted octanol–water partition coefficient (Wildman–Crippen LogP) is 4.73. The van der Waals surface area contributed by atoms with Crippen LogP contribution in [-0.2, 0) is 13.5 Å². The third-order valence-corrected chi connectivity index (χ3v) is 3.86. The number of halogens is 1. The van der Waals surface area contributed by atoms with E-state index in [1.807, 2.05) is 12.1 Å². The van der Waals surface area contributed by atoms with Crippen LogP contribution in [0.15, 0.2) is 48.7 Å². The van der Waals surface area contributed by atoms with Crippen LogP contribution in [0.2, 0.25) is 5.02 Å². The molecule has 96 valence electrons. The number of hydrogen-bond donors (Lipinski definition) is 0. The van der Waals surface area contributed by atoms with Crippen LogP contribution in [0.3, 0.4) is 0 Å². The van der Waals surface area contributed by atoms with Crippen LogP contribution in [0.4, 0.5) is 0 Å². The van der Waals surface area contributed by atoms with Gasteiger partial charge in [0.2, 0.25) is 0 Å². The Morgan fingerprint density at radius 1 is 1.05 bits per heavy atom. The number of hydrogen-bond acceptors (Lipinski definition) is 0. The van der Waals surface area contributed by atoms with Crippen LogP contribution in [0.1, 0.15) is 16.7 Å². The second-order valence-electron chi connectivity index (χ2n) is 5.04. The van der Waals surface area contributed by atoms with Crippen molar-refractivity contribution in [3.63, 3.8) is 0 Å². The molecule has 1 nitrogen and oxygen atoms in total. The van der Waals surface area contributed by atoms with Gasteiger partial charge in [0.15, 0.2) is 0 Å². The quantitative estimate of drug-likeness (QED) is 0.634. The first-order valence-corrected chi connectivity index (χ1v) is 6.81. The minimum absolute atomic E-state index is 0.790. The first-order chi connectivity index (χ1) is 9.15. The molecule has 0 amide bonds. The van der Waals surface area contributed by atoms with E-state index in [9.17, 15) is 0 Å². The van der Waals surface area contributed by atoms with E-state index in [0.29, 0.717) is 0 Å². The highest BCUT2D eigenvalue weighted by Gasteiger charge is 2.09. The van der Waals surface area contributed by atoms with Gasteiger partial charge in [0, 0.05) is 29.2 Å². The summed E-state index contributed by atoms with van der Waals surface area (Å²) in [5.74, 6) is 0. The van der Waals surface area contributed by atoms with Crippen molar-refractivity contribution in [1.29, 1.82) is 0 Å². The maximum atomic E-state index is 5.93. The Morgan fingerprint density at radius 3 is 2.53 bits per heavy atom. The van der Waals surface area contributed by atoms with Crippen LogP contribution in [-0.4, -0.2) is 4.57 Å². The highest BCUT2D eigenvalue weighted by atomic mass is 35.5. The normalized spacial score (nSPS) is 11.1. The lowest BCUT2D eigenvalue weighted by Gasteiger charge is -2.03. The molecule has 0 fully saturated rings. The summed E-state index contributed by atoms with van der Waals surface area (Å²) in [6, 6.07) is 14.6. The molecule has 1 aromatic heterocycles. The molecular weight excluding hydrogens is 254 g/mol.